The van der Waals surface area contributed by atoms with Gasteiger partial charge in [-0.1, -0.05) is 60.1 Å². The third-order valence-corrected chi connectivity index (χ3v) is 3.90. The molecule has 1 saturated carbocycles. The van der Waals surface area contributed by atoms with Gasteiger partial charge in [-0.05, 0) is 23.6 Å². The van der Waals surface area contributed by atoms with Crippen LogP contribution in [0.4, 0.5) is 0 Å². The summed E-state index contributed by atoms with van der Waals surface area (Å²) in [5.74, 6) is 0.675. The molecule has 1 nitrogen and oxygen atoms in total. The number of halogens is 1. The summed E-state index contributed by atoms with van der Waals surface area (Å²) in [6.45, 7) is 0.855. The first-order chi connectivity index (χ1) is 8.84. The molecule has 2 atom stereocenters. The van der Waals surface area contributed by atoms with E-state index in [1.807, 2.05) is 18.2 Å². The molecule has 1 fully saturated rings. The lowest BCUT2D eigenvalue weighted by Gasteiger charge is -2.06. The van der Waals surface area contributed by atoms with Crippen molar-refractivity contribution < 1.29 is 0 Å². The zero-order valence-electron chi connectivity index (χ0n) is 10.1. The summed E-state index contributed by atoms with van der Waals surface area (Å²) in [7, 11) is 0. The predicted molar refractivity (Wildman–Crippen MR) is 75.9 cm³/mol. The van der Waals surface area contributed by atoms with E-state index in [9.17, 15) is 0 Å². The maximum atomic E-state index is 6.14. The van der Waals surface area contributed by atoms with Crippen LogP contribution < -0.4 is 5.32 Å². The molecule has 1 aliphatic carbocycles. The highest BCUT2D eigenvalue weighted by Crippen LogP contribution is 2.40. The Labute approximate surface area is 113 Å². The van der Waals surface area contributed by atoms with Crippen LogP contribution in [0.3, 0.4) is 0 Å². The van der Waals surface area contributed by atoms with E-state index >= 15 is 0 Å². The quantitative estimate of drug-likeness (QED) is 0.874. The van der Waals surface area contributed by atoms with Crippen LogP contribution >= 0.6 is 11.6 Å². The minimum Gasteiger partial charge on any atom is -0.309 e. The Bertz CT molecular complexity index is 524. The van der Waals surface area contributed by atoms with E-state index in [1.165, 1.54) is 17.5 Å². The van der Waals surface area contributed by atoms with Gasteiger partial charge in [-0.15, -0.1) is 0 Å². The molecule has 0 aliphatic heterocycles. The molecular formula is C16H16ClN. The van der Waals surface area contributed by atoms with Gasteiger partial charge in [0.25, 0.3) is 0 Å². The van der Waals surface area contributed by atoms with Crippen LogP contribution in [0.2, 0.25) is 5.02 Å². The summed E-state index contributed by atoms with van der Waals surface area (Å²) in [5.41, 5.74) is 2.62. The summed E-state index contributed by atoms with van der Waals surface area (Å²) >= 11 is 6.14. The van der Waals surface area contributed by atoms with Crippen LogP contribution in [0.25, 0.3) is 0 Å². The Morgan fingerprint density at radius 2 is 1.72 bits per heavy atom. The molecule has 0 radical (unpaired) electrons. The Morgan fingerprint density at radius 1 is 1.00 bits per heavy atom. The second-order valence-electron chi connectivity index (χ2n) is 4.83. The summed E-state index contributed by atoms with van der Waals surface area (Å²) in [5, 5.41) is 4.43. The van der Waals surface area contributed by atoms with E-state index < -0.39 is 0 Å². The first-order valence-corrected chi connectivity index (χ1v) is 6.74. The van der Waals surface area contributed by atoms with Crippen molar-refractivity contribution in [1.82, 2.24) is 5.32 Å². The maximum Gasteiger partial charge on any atom is 0.0450 e. The van der Waals surface area contributed by atoms with Crippen molar-refractivity contribution in [3.8, 4) is 0 Å². The number of nitrogens with one attached hydrogen (secondary N) is 1. The highest BCUT2D eigenvalue weighted by atomic mass is 35.5. The molecule has 18 heavy (non-hydrogen) atoms. The second kappa shape index (κ2) is 5.13. The largest absolute Gasteiger partial charge is 0.309 e. The zero-order valence-corrected chi connectivity index (χ0v) is 10.9. The standard InChI is InChI=1S/C16H16ClN/c17-15-9-5-4-8-13(15)11-18-16-10-14(16)12-6-2-1-3-7-12/h1-9,14,16,18H,10-11H2. The maximum absolute atomic E-state index is 6.14. The van der Waals surface area contributed by atoms with Crippen LogP contribution in [0, 0.1) is 0 Å². The van der Waals surface area contributed by atoms with E-state index in [-0.39, 0.29) is 0 Å². The minimum atomic E-state index is 0.601. The minimum absolute atomic E-state index is 0.601. The molecule has 0 bridgehead atoms. The van der Waals surface area contributed by atoms with Gasteiger partial charge < -0.3 is 5.32 Å². The lowest BCUT2D eigenvalue weighted by atomic mass is 10.1. The molecule has 2 heteroatoms. The molecule has 1 N–H and O–H groups in total. The van der Waals surface area contributed by atoms with Crippen molar-refractivity contribution in [3.05, 3.63) is 70.7 Å². The van der Waals surface area contributed by atoms with Gasteiger partial charge in [0.05, 0.1) is 0 Å². The Balaban J connectivity index is 1.56. The number of hydrogen-bond acceptors (Lipinski definition) is 1. The first kappa shape index (κ1) is 11.8. The van der Waals surface area contributed by atoms with Crippen LogP contribution in [-0.2, 0) is 6.54 Å². The van der Waals surface area contributed by atoms with Gasteiger partial charge in [0.1, 0.15) is 0 Å². The topological polar surface area (TPSA) is 12.0 Å². The van der Waals surface area contributed by atoms with E-state index in [2.05, 4.69) is 41.7 Å². The summed E-state index contributed by atoms with van der Waals surface area (Å²) in [6, 6.07) is 19.3. The van der Waals surface area contributed by atoms with Crippen LogP contribution in [0.15, 0.2) is 54.6 Å². The number of benzene rings is 2. The van der Waals surface area contributed by atoms with Crippen molar-refractivity contribution in [1.29, 1.82) is 0 Å². The number of rotatable bonds is 4. The van der Waals surface area contributed by atoms with Crippen molar-refractivity contribution in [2.75, 3.05) is 0 Å². The molecule has 0 spiro atoms. The molecule has 0 aromatic heterocycles. The first-order valence-electron chi connectivity index (χ1n) is 6.36. The smallest absolute Gasteiger partial charge is 0.0450 e. The predicted octanol–water partition coefficient (Wildman–Crippen LogP) is 3.99. The Hall–Kier alpha value is -1.31. The Kier molecular flexibility index (Phi) is 3.35. The lowest BCUT2D eigenvalue weighted by Crippen LogP contribution is -2.17. The molecule has 3 rings (SSSR count). The monoisotopic (exact) mass is 257 g/mol. The van der Waals surface area contributed by atoms with Crippen molar-refractivity contribution in [3.63, 3.8) is 0 Å². The number of hydrogen-bond donors (Lipinski definition) is 1. The van der Waals surface area contributed by atoms with Crippen LogP contribution in [0.1, 0.15) is 23.5 Å². The molecule has 0 amide bonds. The molecule has 2 aromatic carbocycles. The van der Waals surface area contributed by atoms with Gasteiger partial charge >= 0.3 is 0 Å². The van der Waals surface area contributed by atoms with Gasteiger partial charge in [0, 0.05) is 23.5 Å². The van der Waals surface area contributed by atoms with E-state index in [1.54, 1.807) is 0 Å². The molecule has 1 aliphatic rings. The summed E-state index contributed by atoms with van der Waals surface area (Å²) in [4.78, 5) is 0. The van der Waals surface area contributed by atoms with E-state index in [4.69, 9.17) is 11.6 Å². The third kappa shape index (κ3) is 2.58. The van der Waals surface area contributed by atoms with Crippen molar-refractivity contribution in [2.45, 2.75) is 24.9 Å². The van der Waals surface area contributed by atoms with Gasteiger partial charge in [-0.25, -0.2) is 0 Å². The zero-order chi connectivity index (χ0) is 12.4. The molecule has 2 unspecified atom stereocenters. The van der Waals surface area contributed by atoms with Gasteiger partial charge in [0.15, 0.2) is 0 Å². The fourth-order valence-electron chi connectivity index (χ4n) is 2.37. The highest BCUT2D eigenvalue weighted by Gasteiger charge is 2.37. The van der Waals surface area contributed by atoms with Gasteiger partial charge in [-0.2, -0.15) is 0 Å². The van der Waals surface area contributed by atoms with Crippen molar-refractivity contribution >= 4 is 11.6 Å². The van der Waals surface area contributed by atoms with Crippen molar-refractivity contribution in [2.24, 2.45) is 0 Å². The fraction of sp³-hybridized carbons (Fsp3) is 0.250. The average Bonchev–Trinajstić information content (AvgIpc) is 3.18. The van der Waals surface area contributed by atoms with E-state index in [0.717, 1.165) is 11.6 Å². The van der Waals surface area contributed by atoms with Crippen LogP contribution in [0.5, 0.6) is 0 Å². The molecule has 0 saturated heterocycles. The van der Waals surface area contributed by atoms with Gasteiger partial charge in [0.2, 0.25) is 0 Å². The normalized spacial score (nSPS) is 21.8. The van der Waals surface area contributed by atoms with Crippen LogP contribution in [-0.4, -0.2) is 6.04 Å². The molecular weight excluding hydrogens is 242 g/mol. The third-order valence-electron chi connectivity index (χ3n) is 3.53. The Morgan fingerprint density at radius 3 is 2.50 bits per heavy atom. The summed E-state index contributed by atoms with van der Waals surface area (Å²) in [6.07, 6.45) is 1.23. The fourth-order valence-corrected chi connectivity index (χ4v) is 2.57. The lowest BCUT2D eigenvalue weighted by molar-refractivity contribution is 0.673. The second-order valence-corrected chi connectivity index (χ2v) is 5.24. The SMILES string of the molecule is Clc1ccccc1CNC1CC1c1ccccc1. The molecule has 2 aromatic rings. The summed E-state index contributed by atoms with van der Waals surface area (Å²) < 4.78 is 0. The highest BCUT2D eigenvalue weighted by molar-refractivity contribution is 6.31. The van der Waals surface area contributed by atoms with Gasteiger partial charge in [-0.3, -0.25) is 0 Å². The van der Waals surface area contributed by atoms with E-state index in [0.29, 0.717) is 12.0 Å². The molecule has 92 valence electrons. The average molecular weight is 258 g/mol. The molecule has 0 heterocycles.